The van der Waals surface area contributed by atoms with Gasteiger partial charge in [0.2, 0.25) is 0 Å². The predicted molar refractivity (Wildman–Crippen MR) is 96.2 cm³/mol. The molecule has 25 heavy (non-hydrogen) atoms. The second kappa shape index (κ2) is 7.20. The second-order valence-electron chi connectivity index (χ2n) is 5.16. The SMILES string of the molecule is COc1cccc(-n2nnn(C)c2=O)c1COc1ccc(S)cc1Cl. The van der Waals surface area contributed by atoms with Crippen LogP contribution >= 0.6 is 24.2 Å². The maximum absolute atomic E-state index is 12.2. The molecule has 130 valence electrons. The van der Waals surface area contributed by atoms with Crippen LogP contribution in [-0.4, -0.2) is 26.9 Å². The number of methoxy groups -OCH3 is 1. The number of nitrogens with zero attached hydrogens (tertiary/aromatic N) is 4. The summed E-state index contributed by atoms with van der Waals surface area (Å²) in [6.07, 6.45) is 0. The van der Waals surface area contributed by atoms with E-state index in [1.54, 1.807) is 43.5 Å². The highest BCUT2D eigenvalue weighted by Gasteiger charge is 2.16. The Balaban J connectivity index is 1.99. The fourth-order valence-electron chi connectivity index (χ4n) is 2.31. The van der Waals surface area contributed by atoms with Crippen molar-refractivity contribution in [3.8, 4) is 17.2 Å². The Hall–Kier alpha value is -2.45. The minimum atomic E-state index is -0.369. The number of aromatic nitrogens is 4. The molecule has 0 aliphatic carbocycles. The lowest BCUT2D eigenvalue weighted by Crippen LogP contribution is -2.23. The van der Waals surface area contributed by atoms with Gasteiger partial charge in [-0.05, 0) is 40.8 Å². The van der Waals surface area contributed by atoms with Gasteiger partial charge in [-0.25, -0.2) is 4.79 Å². The molecule has 0 unspecified atom stereocenters. The molecule has 3 rings (SSSR count). The highest BCUT2D eigenvalue weighted by Crippen LogP contribution is 2.30. The van der Waals surface area contributed by atoms with Crippen molar-refractivity contribution in [2.24, 2.45) is 7.05 Å². The Morgan fingerprint density at radius 3 is 2.64 bits per heavy atom. The van der Waals surface area contributed by atoms with E-state index in [2.05, 4.69) is 23.1 Å². The summed E-state index contributed by atoms with van der Waals surface area (Å²) in [6.45, 7) is 0.133. The molecule has 0 fully saturated rings. The van der Waals surface area contributed by atoms with E-state index in [1.165, 1.54) is 11.7 Å². The van der Waals surface area contributed by atoms with Gasteiger partial charge < -0.3 is 9.47 Å². The average Bonchev–Trinajstić information content (AvgIpc) is 2.93. The Labute approximate surface area is 154 Å². The van der Waals surface area contributed by atoms with Gasteiger partial charge in [0.1, 0.15) is 18.1 Å². The largest absolute Gasteiger partial charge is 0.496 e. The molecule has 1 heterocycles. The van der Waals surface area contributed by atoms with Crippen LogP contribution in [0.2, 0.25) is 5.02 Å². The Morgan fingerprint density at radius 1 is 1.20 bits per heavy atom. The molecular weight excluding hydrogens is 364 g/mol. The minimum absolute atomic E-state index is 0.133. The molecule has 0 aliphatic heterocycles. The fraction of sp³-hybridized carbons (Fsp3) is 0.188. The third kappa shape index (κ3) is 3.49. The van der Waals surface area contributed by atoms with Crippen LogP contribution < -0.4 is 15.2 Å². The molecule has 0 bridgehead atoms. The Morgan fingerprint density at radius 2 is 2.00 bits per heavy atom. The number of thiol groups is 1. The highest BCUT2D eigenvalue weighted by molar-refractivity contribution is 7.80. The van der Waals surface area contributed by atoms with E-state index < -0.39 is 0 Å². The molecule has 0 atom stereocenters. The van der Waals surface area contributed by atoms with Crippen molar-refractivity contribution in [3.63, 3.8) is 0 Å². The number of halogens is 1. The lowest BCUT2D eigenvalue weighted by Gasteiger charge is -2.14. The monoisotopic (exact) mass is 378 g/mol. The lowest BCUT2D eigenvalue weighted by atomic mass is 10.1. The number of rotatable bonds is 5. The van der Waals surface area contributed by atoms with Crippen molar-refractivity contribution in [1.29, 1.82) is 0 Å². The molecule has 0 aliphatic rings. The van der Waals surface area contributed by atoms with Crippen LogP contribution in [0.4, 0.5) is 0 Å². The molecule has 0 radical (unpaired) electrons. The Kier molecular flexibility index (Phi) is 5.00. The van der Waals surface area contributed by atoms with E-state index in [0.717, 1.165) is 9.58 Å². The molecular formula is C16H15ClN4O3S. The molecule has 9 heteroatoms. The summed E-state index contributed by atoms with van der Waals surface area (Å²) in [4.78, 5) is 12.9. The van der Waals surface area contributed by atoms with Crippen molar-refractivity contribution >= 4 is 24.2 Å². The number of benzene rings is 2. The van der Waals surface area contributed by atoms with Crippen LogP contribution in [-0.2, 0) is 13.7 Å². The van der Waals surface area contributed by atoms with Gasteiger partial charge in [-0.15, -0.1) is 12.6 Å². The van der Waals surface area contributed by atoms with E-state index in [4.69, 9.17) is 21.1 Å². The summed E-state index contributed by atoms with van der Waals surface area (Å²) in [5.74, 6) is 1.07. The van der Waals surface area contributed by atoms with Gasteiger partial charge in [0, 0.05) is 11.9 Å². The van der Waals surface area contributed by atoms with Crippen molar-refractivity contribution in [2.45, 2.75) is 11.5 Å². The van der Waals surface area contributed by atoms with Crippen molar-refractivity contribution in [3.05, 3.63) is 57.5 Å². The van der Waals surface area contributed by atoms with Gasteiger partial charge in [-0.3, -0.25) is 0 Å². The smallest absolute Gasteiger partial charge is 0.368 e. The molecule has 0 spiro atoms. The first kappa shape index (κ1) is 17.4. The van der Waals surface area contributed by atoms with Crippen LogP contribution in [0.1, 0.15) is 5.56 Å². The summed E-state index contributed by atoms with van der Waals surface area (Å²) >= 11 is 10.4. The zero-order valence-electron chi connectivity index (χ0n) is 13.5. The summed E-state index contributed by atoms with van der Waals surface area (Å²) in [5, 5.41) is 8.06. The van der Waals surface area contributed by atoms with Gasteiger partial charge in [0.25, 0.3) is 0 Å². The van der Waals surface area contributed by atoms with E-state index in [-0.39, 0.29) is 12.3 Å². The lowest BCUT2D eigenvalue weighted by molar-refractivity contribution is 0.296. The van der Waals surface area contributed by atoms with Gasteiger partial charge in [0.15, 0.2) is 0 Å². The number of hydrogen-bond acceptors (Lipinski definition) is 6. The number of tetrazole rings is 1. The van der Waals surface area contributed by atoms with Crippen molar-refractivity contribution < 1.29 is 9.47 Å². The summed E-state index contributed by atoms with van der Waals surface area (Å²) in [7, 11) is 3.08. The van der Waals surface area contributed by atoms with E-state index in [1.807, 2.05) is 0 Å². The summed E-state index contributed by atoms with van der Waals surface area (Å²) < 4.78 is 13.5. The average molecular weight is 379 g/mol. The third-order valence-corrected chi connectivity index (χ3v) is 4.14. The van der Waals surface area contributed by atoms with E-state index in [9.17, 15) is 4.79 Å². The summed E-state index contributed by atoms with van der Waals surface area (Å²) in [6, 6.07) is 10.5. The quantitative estimate of drug-likeness (QED) is 0.691. The Bertz CT molecular complexity index is 970. The molecule has 0 N–H and O–H groups in total. The van der Waals surface area contributed by atoms with Gasteiger partial charge in [-0.2, -0.15) is 9.36 Å². The molecule has 7 nitrogen and oxygen atoms in total. The van der Waals surface area contributed by atoms with Crippen molar-refractivity contribution in [1.82, 2.24) is 19.8 Å². The standard InChI is InChI=1S/C16H15ClN4O3S/c1-20-16(22)21(19-18-20)13-4-3-5-14(23-2)11(13)9-24-15-7-6-10(25)8-12(15)17/h3-8,25H,9H2,1-2H3. The molecule has 0 amide bonds. The highest BCUT2D eigenvalue weighted by atomic mass is 35.5. The topological polar surface area (TPSA) is 71.2 Å². The van der Waals surface area contributed by atoms with Crippen LogP contribution in [0, 0.1) is 0 Å². The first-order chi connectivity index (χ1) is 12.0. The van der Waals surface area contributed by atoms with Crippen LogP contribution in [0.3, 0.4) is 0 Å². The van der Waals surface area contributed by atoms with Crippen LogP contribution in [0.25, 0.3) is 5.69 Å². The van der Waals surface area contributed by atoms with E-state index in [0.29, 0.717) is 27.8 Å². The van der Waals surface area contributed by atoms with E-state index >= 15 is 0 Å². The molecule has 0 saturated heterocycles. The first-order valence-corrected chi connectivity index (χ1v) is 8.10. The fourth-order valence-corrected chi connectivity index (χ4v) is 2.83. The predicted octanol–water partition coefficient (Wildman–Crippen LogP) is 2.50. The van der Waals surface area contributed by atoms with Gasteiger partial charge in [-0.1, -0.05) is 17.7 Å². The molecule has 3 aromatic rings. The van der Waals surface area contributed by atoms with Crippen molar-refractivity contribution in [2.75, 3.05) is 7.11 Å². The molecule has 2 aromatic carbocycles. The second-order valence-corrected chi connectivity index (χ2v) is 6.08. The first-order valence-electron chi connectivity index (χ1n) is 7.28. The number of aryl methyl sites for hydroxylation is 1. The maximum atomic E-state index is 12.2. The zero-order valence-corrected chi connectivity index (χ0v) is 15.2. The summed E-state index contributed by atoms with van der Waals surface area (Å²) in [5.41, 5.74) is 0.810. The van der Waals surface area contributed by atoms with Gasteiger partial charge >= 0.3 is 5.69 Å². The van der Waals surface area contributed by atoms with Crippen LogP contribution in [0.15, 0.2) is 46.1 Å². The molecule has 1 aromatic heterocycles. The van der Waals surface area contributed by atoms with Crippen LogP contribution in [0.5, 0.6) is 11.5 Å². The number of hydrogen-bond donors (Lipinski definition) is 1. The van der Waals surface area contributed by atoms with Gasteiger partial charge in [0.05, 0.1) is 23.4 Å². The zero-order chi connectivity index (χ0) is 18.0. The normalized spacial score (nSPS) is 10.7. The third-order valence-electron chi connectivity index (χ3n) is 3.57. The number of ether oxygens (including phenoxy) is 2. The molecule has 0 saturated carbocycles. The maximum Gasteiger partial charge on any atom is 0.368 e. The minimum Gasteiger partial charge on any atom is -0.496 e.